The molecular weight excluding hydrogens is 264 g/mol. The molecule has 0 spiro atoms. The van der Waals surface area contributed by atoms with Gasteiger partial charge in [-0.25, -0.2) is 4.79 Å². The zero-order valence-electron chi connectivity index (χ0n) is 13.0. The molecule has 0 aliphatic heterocycles. The summed E-state index contributed by atoms with van der Waals surface area (Å²) in [6.07, 6.45) is 0. The van der Waals surface area contributed by atoms with E-state index in [0.717, 1.165) is 0 Å². The Hall–Kier alpha value is -2.42. The van der Waals surface area contributed by atoms with Crippen molar-refractivity contribution in [2.24, 2.45) is 0 Å². The van der Waals surface area contributed by atoms with E-state index in [1.54, 1.807) is 24.3 Å². The molecule has 2 aromatic carbocycles. The second-order valence-electron chi connectivity index (χ2n) is 3.58. The van der Waals surface area contributed by atoms with Gasteiger partial charge in [0.25, 0.3) is 0 Å². The van der Waals surface area contributed by atoms with Crippen LogP contribution in [0.25, 0.3) is 0 Å². The normalized spacial score (nSPS) is 8.57. The van der Waals surface area contributed by atoms with Crippen LogP contribution in [0.4, 0.5) is 0 Å². The molecule has 3 heteroatoms. The molecule has 0 saturated heterocycles. The molecule has 0 unspecified atom stereocenters. The lowest BCUT2D eigenvalue weighted by molar-refractivity contribution is 0.0696. The molecule has 0 saturated carbocycles. The summed E-state index contributed by atoms with van der Waals surface area (Å²) in [6.45, 7) is 8.00. The Balaban J connectivity index is 0.000000921. The van der Waals surface area contributed by atoms with Crippen molar-refractivity contribution in [1.29, 1.82) is 0 Å². The van der Waals surface area contributed by atoms with Crippen LogP contribution in [0.3, 0.4) is 0 Å². The molecular formula is C18H22O3. The van der Waals surface area contributed by atoms with Crippen LogP contribution in [0, 0.1) is 0 Å². The average molecular weight is 286 g/mol. The van der Waals surface area contributed by atoms with Gasteiger partial charge in [0, 0.05) is 11.1 Å². The monoisotopic (exact) mass is 286 g/mol. The van der Waals surface area contributed by atoms with Gasteiger partial charge < -0.3 is 5.11 Å². The van der Waals surface area contributed by atoms with E-state index in [2.05, 4.69) is 0 Å². The van der Waals surface area contributed by atoms with E-state index in [0.29, 0.717) is 11.1 Å². The van der Waals surface area contributed by atoms with Gasteiger partial charge in [0.15, 0.2) is 5.78 Å². The van der Waals surface area contributed by atoms with Crippen LogP contribution in [-0.2, 0) is 0 Å². The van der Waals surface area contributed by atoms with Crippen LogP contribution < -0.4 is 0 Å². The first-order valence-corrected chi connectivity index (χ1v) is 7.11. The topological polar surface area (TPSA) is 54.4 Å². The summed E-state index contributed by atoms with van der Waals surface area (Å²) < 4.78 is 0. The van der Waals surface area contributed by atoms with Gasteiger partial charge in [-0.2, -0.15) is 0 Å². The van der Waals surface area contributed by atoms with E-state index in [1.807, 2.05) is 33.8 Å². The lowest BCUT2D eigenvalue weighted by Crippen LogP contribution is -2.02. The number of hydrogen-bond acceptors (Lipinski definition) is 2. The van der Waals surface area contributed by atoms with Gasteiger partial charge in [-0.3, -0.25) is 4.79 Å². The van der Waals surface area contributed by atoms with Gasteiger partial charge in [-0.15, -0.1) is 0 Å². The summed E-state index contributed by atoms with van der Waals surface area (Å²) in [5.74, 6) is -1.11. The Labute approximate surface area is 126 Å². The maximum absolute atomic E-state index is 12.0. The highest BCUT2D eigenvalue weighted by Crippen LogP contribution is 2.11. The van der Waals surface area contributed by atoms with Crippen molar-refractivity contribution in [1.82, 2.24) is 0 Å². The minimum Gasteiger partial charge on any atom is -0.478 e. The highest BCUT2D eigenvalue weighted by atomic mass is 16.4. The van der Waals surface area contributed by atoms with E-state index in [1.165, 1.54) is 24.3 Å². The fourth-order valence-electron chi connectivity index (χ4n) is 1.52. The Bertz CT molecular complexity index is 542. The largest absolute Gasteiger partial charge is 0.478 e. The molecule has 0 fully saturated rings. The van der Waals surface area contributed by atoms with Crippen molar-refractivity contribution in [3.05, 3.63) is 71.3 Å². The van der Waals surface area contributed by atoms with E-state index in [-0.39, 0.29) is 11.3 Å². The fraction of sp³-hybridized carbons (Fsp3) is 0.222. The molecule has 0 heterocycles. The fourth-order valence-corrected chi connectivity index (χ4v) is 1.52. The van der Waals surface area contributed by atoms with Gasteiger partial charge in [-0.05, 0) is 12.1 Å². The Morgan fingerprint density at radius 3 is 1.48 bits per heavy atom. The third kappa shape index (κ3) is 5.61. The summed E-state index contributed by atoms with van der Waals surface area (Å²) in [5.41, 5.74) is 1.26. The van der Waals surface area contributed by atoms with E-state index in [9.17, 15) is 9.59 Å². The predicted octanol–water partition coefficient (Wildman–Crippen LogP) is 4.67. The second kappa shape index (κ2) is 10.4. The van der Waals surface area contributed by atoms with Crippen molar-refractivity contribution < 1.29 is 14.7 Å². The molecule has 2 aromatic rings. The van der Waals surface area contributed by atoms with Crippen LogP contribution in [0.2, 0.25) is 0 Å². The smallest absolute Gasteiger partial charge is 0.335 e. The summed E-state index contributed by atoms with van der Waals surface area (Å²) in [5, 5.41) is 8.75. The zero-order valence-corrected chi connectivity index (χ0v) is 13.0. The first-order chi connectivity index (χ1) is 10.2. The molecule has 0 aromatic heterocycles. The summed E-state index contributed by atoms with van der Waals surface area (Å²) in [6, 6.07) is 14.8. The Morgan fingerprint density at radius 2 is 1.05 bits per heavy atom. The number of ketones is 1. The van der Waals surface area contributed by atoms with Crippen molar-refractivity contribution >= 4 is 11.8 Å². The Kier molecular flexibility index (Phi) is 9.18. The lowest BCUT2D eigenvalue weighted by atomic mass is 10.0. The van der Waals surface area contributed by atoms with Gasteiger partial charge in [0.05, 0.1) is 5.56 Å². The standard InChI is InChI=1S/C14H10O3.2C2H6/c15-13(10-4-2-1-3-5-10)11-6-8-12(9-7-11)14(16)17;2*1-2/h1-9H,(H,16,17);2*1-2H3. The average Bonchev–Trinajstić information content (AvgIpc) is 2.58. The van der Waals surface area contributed by atoms with Gasteiger partial charge in [-0.1, -0.05) is 70.2 Å². The molecule has 0 aliphatic rings. The first-order valence-electron chi connectivity index (χ1n) is 7.11. The summed E-state index contributed by atoms with van der Waals surface area (Å²) >= 11 is 0. The van der Waals surface area contributed by atoms with Crippen LogP contribution in [-0.4, -0.2) is 16.9 Å². The van der Waals surface area contributed by atoms with Crippen LogP contribution >= 0.6 is 0 Å². The van der Waals surface area contributed by atoms with E-state index < -0.39 is 5.97 Å². The van der Waals surface area contributed by atoms with Gasteiger partial charge in [0.2, 0.25) is 0 Å². The van der Waals surface area contributed by atoms with Crippen LogP contribution in [0.5, 0.6) is 0 Å². The highest BCUT2D eigenvalue weighted by Gasteiger charge is 2.09. The SMILES string of the molecule is CC.CC.O=C(O)c1ccc(C(=O)c2ccccc2)cc1. The van der Waals surface area contributed by atoms with Gasteiger partial charge >= 0.3 is 5.97 Å². The predicted molar refractivity (Wildman–Crippen MR) is 86.0 cm³/mol. The molecule has 21 heavy (non-hydrogen) atoms. The van der Waals surface area contributed by atoms with Crippen LogP contribution in [0.15, 0.2) is 54.6 Å². The maximum atomic E-state index is 12.0. The van der Waals surface area contributed by atoms with E-state index in [4.69, 9.17) is 5.11 Å². The Morgan fingerprint density at radius 1 is 0.667 bits per heavy atom. The van der Waals surface area contributed by atoms with Crippen molar-refractivity contribution in [2.75, 3.05) is 0 Å². The minimum atomic E-state index is -0.997. The number of rotatable bonds is 3. The third-order valence-corrected chi connectivity index (χ3v) is 2.43. The quantitative estimate of drug-likeness (QED) is 0.834. The first kappa shape index (κ1) is 18.6. The van der Waals surface area contributed by atoms with Gasteiger partial charge in [0.1, 0.15) is 0 Å². The molecule has 3 nitrogen and oxygen atoms in total. The molecule has 0 radical (unpaired) electrons. The van der Waals surface area contributed by atoms with Crippen molar-refractivity contribution in [3.8, 4) is 0 Å². The molecule has 0 amide bonds. The molecule has 2 rings (SSSR count). The molecule has 0 aliphatic carbocycles. The lowest BCUT2D eigenvalue weighted by Gasteiger charge is -2.01. The minimum absolute atomic E-state index is 0.109. The number of carboxylic acid groups (broad SMARTS) is 1. The zero-order chi connectivity index (χ0) is 16.3. The van der Waals surface area contributed by atoms with E-state index >= 15 is 0 Å². The highest BCUT2D eigenvalue weighted by molar-refractivity contribution is 6.09. The van der Waals surface area contributed by atoms with Crippen molar-refractivity contribution in [3.63, 3.8) is 0 Å². The summed E-state index contributed by atoms with van der Waals surface area (Å²) in [7, 11) is 0. The number of carboxylic acids is 1. The number of hydrogen-bond donors (Lipinski definition) is 1. The summed E-state index contributed by atoms with van der Waals surface area (Å²) in [4.78, 5) is 22.6. The van der Waals surface area contributed by atoms with Crippen LogP contribution in [0.1, 0.15) is 54.0 Å². The molecule has 0 atom stereocenters. The van der Waals surface area contributed by atoms with Crippen molar-refractivity contribution in [2.45, 2.75) is 27.7 Å². The number of benzene rings is 2. The molecule has 1 N–H and O–H groups in total. The second-order valence-corrected chi connectivity index (χ2v) is 3.58. The molecule has 0 bridgehead atoms. The number of carbonyl (C=O) groups is 2. The maximum Gasteiger partial charge on any atom is 0.335 e. The number of aromatic carboxylic acids is 1. The number of carbonyl (C=O) groups excluding carboxylic acids is 1. The third-order valence-electron chi connectivity index (χ3n) is 2.43. The molecule has 112 valence electrons.